The number of halogens is 2. The van der Waals surface area contributed by atoms with Gasteiger partial charge in [-0.2, -0.15) is 0 Å². The highest BCUT2D eigenvalue weighted by Crippen LogP contribution is 2.28. The zero-order chi connectivity index (χ0) is 7.72. The van der Waals surface area contributed by atoms with E-state index in [9.17, 15) is 5.11 Å². The Bertz CT molecular complexity index is 239. The second-order valence-electron chi connectivity index (χ2n) is 1.83. The smallest absolute Gasteiger partial charge is 0.151 e. The molecule has 0 bridgehead atoms. The molecule has 0 saturated heterocycles. The monoisotopic (exact) mass is 361 g/mol. The summed E-state index contributed by atoms with van der Waals surface area (Å²) in [7, 11) is 0. The predicted molar refractivity (Wildman–Crippen MR) is 58.0 cm³/mol. The molecule has 0 aromatic heterocycles. The highest BCUT2D eigenvalue weighted by molar-refractivity contribution is 14.1. The van der Waals surface area contributed by atoms with Gasteiger partial charge in [-0.25, -0.2) is 0 Å². The molecule has 0 saturated carbocycles. The normalized spacial score (nSPS) is 9.80. The molecule has 1 aromatic rings. The molecule has 0 spiro atoms. The molecule has 0 amide bonds. The summed E-state index contributed by atoms with van der Waals surface area (Å²) in [4.78, 5) is 0. The van der Waals surface area contributed by atoms with Gasteiger partial charge in [-0.05, 0) is 57.3 Å². The van der Waals surface area contributed by atoms with Crippen LogP contribution in [0.25, 0.3) is 0 Å². The number of nitrogen functional groups attached to an aromatic ring is 1. The molecule has 1 rings (SSSR count). The first-order valence-corrected chi connectivity index (χ1v) is 4.70. The van der Waals surface area contributed by atoms with Crippen molar-refractivity contribution in [3.05, 3.63) is 19.3 Å². The van der Waals surface area contributed by atoms with Crippen LogP contribution < -0.4 is 5.73 Å². The summed E-state index contributed by atoms with van der Waals surface area (Å²) in [6.45, 7) is 0. The molecule has 54 valence electrons. The van der Waals surface area contributed by atoms with Crippen LogP contribution in [0.5, 0.6) is 5.75 Å². The number of anilines is 1. The zero-order valence-corrected chi connectivity index (χ0v) is 9.25. The van der Waals surface area contributed by atoms with Crippen LogP contribution in [-0.2, 0) is 0 Å². The Kier molecular flexibility index (Phi) is 2.61. The third-order valence-electron chi connectivity index (χ3n) is 1.06. The number of benzene rings is 1. The van der Waals surface area contributed by atoms with Gasteiger partial charge >= 0.3 is 0 Å². The fraction of sp³-hybridized carbons (Fsp3) is 0. The molecule has 0 unspecified atom stereocenters. The van der Waals surface area contributed by atoms with E-state index in [0.29, 0.717) is 5.69 Å². The lowest BCUT2D eigenvalue weighted by molar-refractivity contribution is 0.474. The minimum Gasteiger partial charge on any atom is -0.505 e. The SMILES string of the molecule is Nc1cc(I)cc(I)c1O. The molecular weight excluding hydrogens is 356 g/mol. The average molecular weight is 361 g/mol. The van der Waals surface area contributed by atoms with Gasteiger partial charge in [0.15, 0.2) is 5.75 Å². The standard InChI is InChI=1S/C6H5I2NO/c7-3-1-4(8)6(10)5(9)2-3/h1-2,10H,9H2. The summed E-state index contributed by atoms with van der Waals surface area (Å²) in [5, 5.41) is 9.19. The Balaban J connectivity index is 3.31. The lowest BCUT2D eigenvalue weighted by atomic mass is 10.3. The molecule has 10 heavy (non-hydrogen) atoms. The van der Waals surface area contributed by atoms with Crippen molar-refractivity contribution in [2.24, 2.45) is 0 Å². The molecule has 0 aliphatic carbocycles. The minimum atomic E-state index is 0.181. The molecular formula is C6H5I2NO. The molecule has 2 nitrogen and oxygen atoms in total. The van der Waals surface area contributed by atoms with Crippen LogP contribution in [0.2, 0.25) is 0 Å². The van der Waals surface area contributed by atoms with E-state index in [4.69, 9.17) is 5.73 Å². The molecule has 0 fully saturated rings. The van der Waals surface area contributed by atoms with Crippen molar-refractivity contribution in [2.45, 2.75) is 0 Å². The van der Waals surface area contributed by atoms with E-state index >= 15 is 0 Å². The van der Waals surface area contributed by atoms with E-state index in [-0.39, 0.29) is 5.75 Å². The molecule has 1 aromatic carbocycles. The van der Waals surface area contributed by atoms with Crippen molar-refractivity contribution < 1.29 is 5.11 Å². The van der Waals surface area contributed by atoms with Crippen molar-refractivity contribution in [3.63, 3.8) is 0 Å². The van der Waals surface area contributed by atoms with Crippen LogP contribution >= 0.6 is 45.2 Å². The number of hydrogen-bond donors (Lipinski definition) is 2. The van der Waals surface area contributed by atoms with Crippen LogP contribution in [-0.4, -0.2) is 5.11 Å². The summed E-state index contributed by atoms with van der Waals surface area (Å²) in [6.07, 6.45) is 0. The van der Waals surface area contributed by atoms with Crippen molar-refractivity contribution in [3.8, 4) is 5.75 Å². The van der Waals surface area contributed by atoms with Crippen molar-refractivity contribution >= 4 is 50.9 Å². The van der Waals surface area contributed by atoms with Crippen molar-refractivity contribution in [1.82, 2.24) is 0 Å². The van der Waals surface area contributed by atoms with Crippen LogP contribution in [0.3, 0.4) is 0 Å². The summed E-state index contributed by atoms with van der Waals surface area (Å²) in [6, 6.07) is 3.60. The topological polar surface area (TPSA) is 46.2 Å². The second kappa shape index (κ2) is 3.12. The van der Waals surface area contributed by atoms with Gasteiger partial charge in [0, 0.05) is 3.57 Å². The molecule has 3 N–H and O–H groups in total. The van der Waals surface area contributed by atoms with Gasteiger partial charge in [-0.1, -0.05) is 0 Å². The highest BCUT2D eigenvalue weighted by atomic mass is 127. The lowest BCUT2D eigenvalue weighted by Crippen LogP contribution is -1.88. The maximum Gasteiger partial charge on any atom is 0.151 e. The summed E-state index contributed by atoms with van der Waals surface area (Å²) in [5.74, 6) is 0.181. The third kappa shape index (κ3) is 1.66. The summed E-state index contributed by atoms with van der Waals surface area (Å²) < 4.78 is 1.83. The first-order chi connectivity index (χ1) is 4.61. The Morgan fingerprint density at radius 2 is 1.90 bits per heavy atom. The number of phenols is 1. The number of phenolic OH excluding ortho intramolecular Hbond substituents is 1. The quantitative estimate of drug-likeness (QED) is 0.423. The zero-order valence-electron chi connectivity index (χ0n) is 4.94. The third-order valence-corrected chi connectivity index (χ3v) is 2.50. The van der Waals surface area contributed by atoms with E-state index in [1.807, 2.05) is 28.7 Å². The Hall–Kier alpha value is 0.280. The first kappa shape index (κ1) is 8.38. The molecule has 4 heteroatoms. The van der Waals surface area contributed by atoms with Crippen LogP contribution in [0.4, 0.5) is 5.69 Å². The number of aromatic hydroxyl groups is 1. The minimum absolute atomic E-state index is 0.181. The van der Waals surface area contributed by atoms with E-state index < -0.39 is 0 Å². The lowest BCUT2D eigenvalue weighted by Gasteiger charge is -2.00. The molecule has 0 radical (unpaired) electrons. The second-order valence-corrected chi connectivity index (χ2v) is 4.23. The molecule has 0 aliphatic rings. The van der Waals surface area contributed by atoms with Gasteiger partial charge in [0.05, 0.1) is 9.26 Å². The summed E-state index contributed by atoms with van der Waals surface area (Å²) in [5.41, 5.74) is 5.90. The van der Waals surface area contributed by atoms with Crippen LogP contribution in [0.1, 0.15) is 0 Å². The van der Waals surface area contributed by atoms with Crippen molar-refractivity contribution in [1.29, 1.82) is 0 Å². The van der Waals surface area contributed by atoms with Gasteiger partial charge in [0.2, 0.25) is 0 Å². The molecule has 0 heterocycles. The first-order valence-electron chi connectivity index (χ1n) is 2.54. The van der Waals surface area contributed by atoms with Gasteiger partial charge in [-0.3, -0.25) is 0 Å². The van der Waals surface area contributed by atoms with Gasteiger partial charge in [0.25, 0.3) is 0 Å². The van der Waals surface area contributed by atoms with E-state index in [1.165, 1.54) is 0 Å². The Labute approximate surface area is 86.1 Å². The predicted octanol–water partition coefficient (Wildman–Crippen LogP) is 2.18. The Morgan fingerprint density at radius 1 is 1.30 bits per heavy atom. The van der Waals surface area contributed by atoms with Gasteiger partial charge in [0.1, 0.15) is 0 Å². The summed E-state index contributed by atoms with van der Waals surface area (Å²) >= 11 is 4.19. The number of rotatable bonds is 0. The number of nitrogens with two attached hydrogens (primary N) is 1. The Morgan fingerprint density at radius 3 is 2.40 bits per heavy atom. The van der Waals surface area contributed by atoms with Crippen molar-refractivity contribution in [2.75, 3.05) is 5.73 Å². The fourth-order valence-electron chi connectivity index (χ4n) is 0.586. The van der Waals surface area contributed by atoms with Crippen LogP contribution in [0, 0.1) is 7.14 Å². The van der Waals surface area contributed by atoms with E-state index in [0.717, 1.165) is 7.14 Å². The van der Waals surface area contributed by atoms with Gasteiger partial charge < -0.3 is 10.8 Å². The van der Waals surface area contributed by atoms with Gasteiger partial charge in [-0.15, -0.1) is 0 Å². The van der Waals surface area contributed by atoms with E-state index in [2.05, 4.69) is 22.6 Å². The largest absolute Gasteiger partial charge is 0.505 e. The van der Waals surface area contributed by atoms with Crippen LogP contribution in [0.15, 0.2) is 12.1 Å². The maximum absolute atomic E-state index is 9.19. The maximum atomic E-state index is 9.19. The fourth-order valence-corrected chi connectivity index (χ4v) is 2.48. The molecule has 0 aliphatic heterocycles. The average Bonchev–Trinajstić information content (AvgIpc) is 1.82. The highest BCUT2D eigenvalue weighted by Gasteiger charge is 2.02. The number of hydrogen-bond acceptors (Lipinski definition) is 2. The van der Waals surface area contributed by atoms with E-state index in [1.54, 1.807) is 6.07 Å². The molecule has 0 atom stereocenters.